The first-order chi connectivity index (χ1) is 16.6. The van der Waals surface area contributed by atoms with Gasteiger partial charge in [-0.1, -0.05) is 55.4 Å². The lowest BCUT2D eigenvalue weighted by Crippen LogP contribution is -2.13. The highest BCUT2D eigenvalue weighted by molar-refractivity contribution is 7.92. The molecule has 2 heterocycles. The Morgan fingerprint density at radius 3 is 2.17 bits per heavy atom. The van der Waals surface area contributed by atoms with Crippen molar-refractivity contribution in [3.63, 3.8) is 0 Å². The monoisotopic (exact) mass is 490 g/mol. The molecular weight excluding hydrogens is 460 g/mol. The number of sulfone groups is 1. The maximum absolute atomic E-state index is 12.4. The number of nitrogens with two attached hydrogens (primary N) is 1. The van der Waals surface area contributed by atoms with Gasteiger partial charge in [0.15, 0.2) is 27.1 Å². The standard InChI is InChI=1S/C27H30N4O3S/c1-17(2)5-6-19-7-9-20(10-8-19)23-15-25(34-31-23)26-27(28)29-16-24(30-26)21-11-13-22(14-12-21)35(32,33)18(3)4/h7-18H,5-6H2,1-4H3,(H2,28,29). The molecule has 0 aliphatic heterocycles. The normalized spacial score (nSPS) is 11.9. The highest BCUT2D eigenvalue weighted by Gasteiger charge is 2.20. The van der Waals surface area contributed by atoms with E-state index in [2.05, 4.69) is 41.1 Å². The van der Waals surface area contributed by atoms with Crippen LogP contribution in [0, 0.1) is 5.92 Å². The van der Waals surface area contributed by atoms with Crippen LogP contribution in [0.4, 0.5) is 5.82 Å². The molecule has 35 heavy (non-hydrogen) atoms. The summed E-state index contributed by atoms with van der Waals surface area (Å²) >= 11 is 0. The van der Waals surface area contributed by atoms with Gasteiger partial charge in [0.1, 0.15) is 5.69 Å². The predicted octanol–water partition coefficient (Wildman–Crippen LogP) is 5.82. The van der Waals surface area contributed by atoms with Gasteiger partial charge in [0.2, 0.25) is 0 Å². The molecule has 4 aromatic rings. The molecule has 0 atom stereocenters. The summed E-state index contributed by atoms with van der Waals surface area (Å²) in [4.78, 5) is 9.17. The molecule has 4 rings (SSSR count). The Balaban J connectivity index is 1.58. The summed E-state index contributed by atoms with van der Waals surface area (Å²) in [6, 6.07) is 16.7. The Kier molecular flexibility index (Phi) is 7.03. The third kappa shape index (κ3) is 5.43. The SMILES string of the molecule is CC(C)CCc1ccc(-c2cc(-c3nc(-c4ccc(S(=O)(=O)C(C)C)cc4)cnc3N)on2)cc1. The molecule has 0 unspecified atom stereocenters. The van der Waals surface area contributed by atoms with E-state index in [1.165, 1.54) is 5.56 Å². The summed E-state index contributed by atoms with van der Waals surface area (Å²) in [5.41, 5.74) is 10.7. The van der Waals surface area contributed by atoms with Crippen molar-refractivity contribution in [2.24, 2.45) is 5.92 Å². The van der Waals surface area contributed by atoms with E-state index in [0.29, 0.717) is 28.8 Å². The summed E-state index contributed by atoms with van der Waals surface area (Å²) in [6.45, 7) is 7.77. The number of benzene rings is 2. The van der Waals surface area contributed by atoms with Gasteiger partial charge in [-0.2, -0.15) is 0 Å². The molecule has 0 aliphatic rings. The molecule has 0 saturated carbocycles. The molecule has 0 bridgehead atoms. The van der Waals surface area contributed by atoms with Gasteiger partial charge in [0.05, 0.1) is 22.0 Å². The number of aromatic nitrogens is 3. The van der Waals surface area contributed by atoms with Gasteiger partial charge in [0, 0.05) is 17.2 Å². The molecule has 0 saturated heterocycles. The highest BCUT2D eigenvalue weighted by atomic mass is 32.2. The van der Waals surface area contributed by atoms with Crippen LogP contribution in [0.2, 0.25) is 0 Å². The minimum absolute atomic E-state index is 0.222. The lowest BCUT2D eigenvalue weighted by Gasteiger charge is -2.09. The summed E-state index contributed by atoms with van der Waals surface area (Å²) in [5, 5.41) is 3.71. The first-order valence-corrected chi connectivity index (χ1v) is 13.2. The minimum atomic E-state index is -3.35. The van der Waals surface area contributed by atoms with E-state index in [0.717, 1.165) is 24.0 Å². The van der Waals surface area contributed by atoms with Crippen molar-refractivity contribution in [2.75, 3.05) is 5.73 Å². The van der Waals surface area contributed by atoms with E-state index in [9.17, 15) is 8.42 Å². The Morgan fingerprint density at radius 1 is 0.914 bits per heavy atom. The lowest BCUT2D eigenvalue weighted by atomic mass is 10.0. The van der Waals surface area contributed by atoms with E-state index in [-0.39, 0.29) is 10.7 Å². The van der Waals surface area contributed by atoms with Crippen LogP contribution in [0.25, 0.3) is 34.0 Å². The Morgan fingerprint density at radius 2 is 1.54 bits per heavy atom. The summed E-state index contributed by atoms with van der Waals surface area (Å²) in [5.74, 6) is 1.30. The second-order valence-electron chi connectivity index (χ2n) is 9.31. The van der Waals surface area contributed by atoms with Crippen LogP contribution in [0.15, 0.2) is 70.2 Å². The molecule has 2 aromatic heterocycles. The van der Waals surface area contributed by atoms with Crippen LogP contribution < -0.4 is 5.73 Å². The average Bonchev–Trinajstić information content (AvgIpc) is 3.33. The topological polar surface area (TPSA) is 112 Å². The zero-order chi connectivity index (χ0) is 25.2. The van der Waals surface area contributed by atoms with Crippen molar-refractivity contribution < 1.29 is 12.9 Å². The maximum atomic E-state index is 12.4. The number of hydrogen-bond acceptors (Lipinski definition) is 7. The number of nitrogens with zero attached hydrogens (tertiary/aromatic N) is 3. The average molecular weight is 491 g/mol. The summed E-state index contributed by atoms with van der Waals surface area (Å²) < 4.78 is 30.4. The zero-order valence-electron chi connectivity index (χ0n) is 20.4. The third-order valence-corrected chi connectivity index (χ3v) is 8.07. The first-order valence-electron chi connectivity index (χ1n) is 11.7. The van der Waals surface area contributed by atoms with Crippen LogP contribution in [0.3, 0.4) is 0 Å². The van der Waals surface area contributed by atoms with Crippen molar-refractivity contribution in [1.29, 1.82) is 0 Å². The van der Waals surface area contributed by atoms with Gasteiger partial charge < -0.3 is 10.3 Å². The van der Waals surface area contributed by atoms with Gasteiger partial charge in [-0.3, -0.25) is 0 Å². The molecule has 8 heteroatoms. The number of hydrogen-bond donors (Lipinski definition) is 1. The number of nitrogen functional groups attached to an aromatic ring is 1. The van der Waals surface area contributed by atoms with Crippen LogP contribution in [-0.2, 0) is 16.3 Å². The Labute approximate surface area is 206 Å². The molecular formula is C27H30N4O3S. The van der Waals surface area contributed by atoms with Crippen LogP contribution in [-0.4, -0.2) is 28.8 Å². The van der Waals surface area contributed by atoms with E-state index in [1.807, 2.05) is 12.1 Å². The van der Waals surface area contributed by atoms with Crippen LogP contribution in [0.1, 0.15) is 39.7 Å². The second kappa shape index (κ2) is 10.00. The van der Waals surface area contributed by atoms with Crippen molar-refractivity contribution in [1.82, 2.24) is 15.1 Å². The number of anilines is 1. The lowest BCUT2D eigenvalue weighted by molar-refractivity contribution is 0.434. The predicted molar refractivity (Wildman–Crippen MR) is 138 cm³/mol. The van der Waals surface area contributed by atoms with Gasteiger partial charge in [-0.25, -0.2) is 18.4 Å². The van der Waals surface area contributed by atoms with Gasteiger partial charge >= 0.3 is 0 Å². The molecule has 0 spiro atoms. The molecule has 2 aromatic carbocycles. The fourth-order valence-corrected chi connectivity index (χ4v) is 4.69. The third-order valence-electron chi connectivity index (χ3n) is 5.90. The molecule has 0 fully saturated rings. The van der Waals surface area contributed by atoms with Crippen molar-refractivity contribution >= 4 is 15.7 Å². The van der Waals surface area contributed by atoms with Gasteiger partial charge in [-0.05, 0) is 50.3 Å². The van der Waals surface area contributed by atoms with E-state index < -0.39 is 15.1 Å². The molecule has 2 N–H and O–H groups in total. The molecule has 182 valence electrons. The van der Waals surface area contributed by atoms with E-state index in [4.69, 9.17) is 10.3 Å². The minimum Gasteiger partial charge on any atom is -0.382 e. The molecule has 0 aliphatic carbocycles. The molecule has 0 radical (unpaired) electrons. The zero-order valence-corrected chi connectivity index (χ0v) is 21.2. The van der Waals surface area contributed by atoms with E-state index in [1.54, 1.807) is 50.4 Å². The number of rotatable bonds is 8. The quantitative estimate of drug-likeness (QED) is 0.331. The summed E-state index contributed by atoms with van der Waals surface area (Å²) in [6.07, 6.45) is 3.75. The fourth-order valence-electron chi connectivity index (χ4n) is 3.63. The largest absolute Gasteiger partial charge is 0.382 e. The Hall–Kier alpha value is -3.52. The first kappa shape index (κ1) is 24.6. The molecule has 7 nitrogen and oxygen atoms in total. The Bertz CT molecular complexity index is 1410. The molecule has 0 amide bonds. The summed E-state index contributed by atoms with van der Waals surface area (Å²) in [7, 11) is -3.35. The van der Waals surface area contributed by atoms with Crippen molar-refractivity contribution in [2.45, 2.75) is 50.7 Å². The van der Waals surface area contributed by atoms with Crippen molar-refractivity contribution in [3.05, 3.63) is 66.4 Å². The smallest absolute Gasteiger partial charge is 0.189 e. The van der Waals surface area contributed by atoms with Crippen molar-refractivity contribution in [3.8, 4) is 34.0 Å². The second-order valence-corrected chi connectivity index (χ2v) is 11.8. The van der Waals surface area contributed by atoms with Gasteiger partial charge in [-0.15, -0.1) is 0 Å². The van der Waals surface area contributed by atoms with E-state index >= 15 is 0 Å². The van der Waals surface area contributed by atoms with Crippen LogP contribution in [0.5, 0.6) is 0 Å². The van der Waals surface area contributed by atoms with Crippen LogP contribution >= 0.6 is 0 Å². The fraction of sp³-hybridized carbons (Fsp3) is 0.296. The highest BCUT2D eigenvalue weighted by Crippen LogP contribution is 2.30. The van der Waals surface area contributed by atoms with Gasteiger partial charge in [0.25, 0.3) is 0 Å². The maximum Gasteiger partial charge on any atom is 0.189 e. The number of aryl methyl sites for hydroxylation is 1.